The van der Waals surface area contributed by atoms with E-state index < -0.39 is 0 Å². The lowest BCUT2D eigenvalue weighted by Gasteiger charge is -2.19. The van der Waals surface area contributed by atoms with Crippen molar-refractivity contribution in [2.45, 2.75) is 125 Å². The molecule has 1 heteroatoms. The molecule has 1 unspecified atom stereocenters. The van der Waals surface area contributed by atoms with Gasteiger partial charge in [0.25, 0.3) is 0 Å². The first-order valence-electron chi connectivity index (χ1n) is 17.8. The topological polar surface area (TPSA) is 12.0 Å². The molecule has 1 aromatic rings. The van der Waals surface area contributed by atoms with Crippen molar-refractivity contribution in [2.75, 3.05) is 6.54 Å². The zero-order valence-corrected chi connectivity index (χ0v) is 29.6. The number of nitrogens with one attached hydrogen (secondary N) is 1. The molecule has 0 amide bonds. The predicted molar refractivity (Wildman–Crippen MR) is 202 cm³/mol. The minimum Gasteiger partial charge on any atom is -0.385 e. The first-order chi connectivity index (χ1) is 21.5. The lowest BCUT2D eigenvalue weighted by atomic mass is 9.88. The van der Waals surface area contributed by atoms with Crippen LogP contribution in [0.5, 0.6) is 0 Å². The molecular weight excluding hydrogens is 530 g/mol. The van der Waals surface area contributed by atoms with E-state index >= 15 is 0 Å². The van der Waals surface area contributed by atoms with E-state index in [4.69, 9.17) is 0 Å². The van der Waals surface area contributed by atoms with E-state index in [1.165, 1.54) is 80.9 Å². The smallest absolute Gasteiger partial charge is 0.0343 e. The third-order valence-corrected chi connectivity index (χ3v) is 7.76. The second-order valence-electron chi connectivity index (χ2n) is 11.7. The quantitative estimate of drug-likeness (QED) is 0.0895. The van der Waals surface area contributed by atoms with Crippen LogP contribution in [0.2, 0.25) is 0 Å². The van der Waals surface area contributed by atoms with E-state index in [0.29, 0.717) is 5.92 Å². The molecule has 244 valence electrons. The molecule has 1 aliphatic carbocycles. The Balaban J connectivity index is 0.000000699. The Labute approximate surface area is 274 Å². The van der Waals surface area contributed by atoms with Crippen molar-refractivity contribution < 1.29 is 0 Å². The standard InChI is InChI=1S/C19H31N.C17H20.C7H16/c1-5-10-17(11-6-2)15-18-12-8-9-13-19(18)16(4)20-14-7-3;1-3-5-6-7-10-13-16(4-2)17-14-11-8-9-12-15-17;1-3-5-7-6-4-2/h8-9,12-13,17,20H,4-7,10-11,14-15H2,1-3H3;3,5-11,14-16H,1,4,13H2,2H3;3-7H2,1-2H3/b;6-5-,10-7-;. The lowest BCUT2D eigenvalue weighted by molar-refractivity contribution is 0.438. The lowest BCUT2D eigenvalue weighted by Crippen LogP contribution is -2.14. The summed E-state index contributed by atoms with van der Waals surface area (Å²) in [4.78, 5) is 0. The second kappa shape index (κ2) is 30.0. The first-order valence-corrected chi connectivity index (χ1v) is 17.8. The molecule has 0 radical (unpaired) electrons. The van der Waals surface area contributed by atoms with Gasteiger partial charge in [0.1, 0.15) is 0 Å². The molecule has 1 aliphatic rings. The molecule has 0 heterocycles. The fraction of sp³-hybridized carbons (Fsp3) is 0.512. The van der Waals surface area contributed by atoms with Crippen LogP contribution in [0.15, 0.2) is 109 Å². The molecule has 44 heavy (non-hydrogen) atoms. The maximum absolute atomic E-state index is 4.21. The number of unbranched alkanes of at least 4 members (excludes halogenated alkanes) is 4. The maximum Gasteiger partial charge on any atom is 0.0343 e. The molecule has 2 rings (SSSR count). The average Bonchev–Trinajstić information content (AvgIpc) is 3.33. The minimum atomic E-state index is 0.576. The Hall–Kier alpha value is -3.02. The van der Waals surface area contributed by atoms with Gasteiger partial charge >= 0.3 is 0 Å². The van der Waals surface area contributed by atoms with Gasteiger partial charge < -0.3 is 5.32 Å². The molecule has 1 N–H and O–H groups in total. The SMILES string of the molecule is C=C(NCCC)c1ccccc1CC(CCC)CCC.C=C/C=C\C=C/CC(CC)C1=CC=CC=C=C1.CCCCCCC. The van der Waals surface area contributed by atoms with Crippen molar-refractivity contribution in [2.24, 2.45) is 11.8 Å². The zero-order valence-electron chi connectivity index (χ0n) is 29.6. The van der Waals surface area contributed by atoms with E-state index in [1.54, 1.807) is 6.08 Å². The Morgan fingerprint density at radius 2 is 1.55 bits per heavy atom. The van der Waals surface area contributed by atoms with Crippen LogP contribution in [-0.2, 0) is 6.42 Å². The average molecular weight is 598 g/mol. The van der Waals surface area contributed by atoms with Gasteiger partial charge in [-0.05, 0) is 60.8 Å². The molecule has 0 fully saturated rings. The summed E-state index contributed by atoms with van der Waals surface area (Å²) in [7, 11) is 0. The number of hydrogen-bond donors (Lipinski definition) is 1. The first kappa shape index (κ1) is 41.0. The second-order valence-corrected chi connectivity index (χ2v) is 11.7. The minimum absolute atomic E-state index is 0.576. The van der Waals surface area contributed by atoms with Crippen molar-refractivity contribution in [1.82, 2.24) is 5.32 Å². The Bertz CT molecular complexity index is 1030. The van der Waals surface area contributed by atoms with Crippen LogP contribution in [0.1, 0.15) is 130 Å². The summed E-state index contributed by atoms with van der Waals surface area (Å²) in [6.07, 6.45) is 37.1. The van der Waals surface area contributed by atoms with Gasteiger partial charge in [-0.25, -0.2) is 0 Å². The molecular formula is C43H67N. The van der Waals surface area contributed by atoms with Gasteiger partial charge in [-0.3, -0.25) is 0 Å². The van der Waals surface area contributed by atoms with Crippen molar-refractivity contribution in [3.8, 4) is 0 Å². The Kier molecular flexibility index (Phi) is 28.0. The molecule has 0 saturated heterocycles. The summed E-state index contributed by atoms with van der Waals surface area (Å²) < 4.78 is 0. The van der Waals surface area contributed by atoms with E-state index in [-0.39, 0.29) is 0 Å². The maximum atomic E-state index is 4.21. The number of rotatable bonds is 20. The normalized spacial score (nSPS) is 12.8. The number of hydrogen-bond acceptors (Lipinski definition) is 1. The molecule has 1 atom stereocenters. The summed E-state index contributed by atoms with van der Waals surface area (Å²) >= 11 is 0. The zero-order chi connectivity index (χ0) is 32.7. The van der Waals surface area contributed by atoms with Crippen LogP contribution < -0.4 is 5.32 Å². The number of benzene rings is 1. The summed E-state index contributed by atoms with van der Waals surface area (Å²) in [6, 6.07) is 8.74. The van der Waals surface area contributed by atoms with E-state index in [1.807, 2.05) is 24.3 Å². The third kappa shape index (κ3) is 20.8. The van der Waals surface area contributed by atoms with Crippen molar-refractivity contribution in [1.29, 1.82) is 0 Å². The fourth-order valence-corrected chi connectivity index (χ4v) is 5.24. The van der Waals surface area contributed by atoms with Crippen LogP contribution in [-0.4, -0.2) is 6.54 Å². The number of allylic oxidation sites excluding steroid dienone is 10. The van der Waals surface area contributed by atoms with Crippen molar-refractivity contribution >= 4 is 5.70 Å². The van der Waals surface area contributed by atoms with Crippen molar-refractivity contribution in [3.63, 3.8) is 0 Å². The van der Waals surface area contributed by atoms with Crippen LogP contribution in [0.25, 0.3) is 5.70 Å². The highest BCUT2D eigenvalue weighted by Gasteiger charge is 2.12. The largest absolute Gasteiger partial charge is 0.385 e. The van der Waals surface area contributed by atoms with Crippen LogP contribution in [0, 0.1) is 11.8 Å². The highest BCUT2D eigenvalue weighted by molar-refractivity contribution is 5.64. The Morgan fingerprint density at radius 1 is 0.841 bits per heavy atom. The molecule has 0 aromatic heterocycles. The van der Waals surface area contributed by atoms with Gasteiger partial charge in [-0.15, -0.1) is 5.73 Å². The van der Waals surface area contributed by atoms with Gasteiger partial charge in [0.05, 0.1) is 0 Å². The predicted octanol–water partition coefficient (Wildman–Crippen LogP) is 13.3. The van der Waals surface area contributed by atoms with Crippen molar-refractivity contribution in [3.05, 3.63) is 121 Å². The highest BCUT2D eigenvalue weighted by atomic mass is 14.9. The molecule has 0 saturated carbocycles. The molecule has 0 bridgehead atoms. The summed E-state index contributed by atoms with van der Waals surface area (Å²) in [5.41, 5.74) is 8.36. The summed E-state index contributed by atoms with van der Waals surface area (Å²) in [6.45, 7) is 22.3. The van der Waals surface area contributed by atoms with Gasteiger partial charge in [0, 0.05) is 17.8 Å². The summed E-state index contributed by atoms with van der Waals surface area (Å²) in [5.74, 6) is 1.39. The third-order valence-electron chi connectivity index (χ3n) is 7.76. The molecule has 1 nitrogen and oxygen atoms in total. The fourth-order valence-electron chi connectivity index (χ4n) is 5.24. The van der Waals surface area contributed by atoms with Crippen LogP contribution in [0.3, 0.4) is 0 Å². The van der Waals surface area contributed by atoms with E-state index in [2.05, 4.69) is 120 Å². The monoisotopic (exact) mass is 598 g/mol. The van der Waals surface area contributed by atoms with Gasteiger partial charge in [0.2, 0.25) is 0 Å². The van der Waals surface area contributed by atoms with Gasteiger partial charge in [-0.2, -0.15) is 0 Å². The van der Waals surface area contributed by atoms with E-state index in [0.717, 1.165) is 37.4 Å². The molecule has 1 aromatic carbocycles. The van der Waals surface area contributed by atoms with Gasteiger partial charge in [0.15, 0.2) is 0 Å². The van der Waals surface area contributed by atoms with Gasteiger partial charge in [-0.1, -0.05) is 185 Å². The molecule has 0 spiro atoms. The van der Waals surface area contributed by atoms with Crippen LogP contribution >= 0.6 is 0 Å². The Morgan fingerprint density at radius 3 is 2.16 bits per heavy atom. The molecule has 0 aliphatic heterocycles. The van der Waals surface area contributed by atoms with E-state index in [9.17, 15) is 0 Å². The summed E-state index contributed by atoms with van der Waals surface area (Å²) in [5, 5.41) is 3.43. The highest BCUT2D eigenvalue weighted by Crippen LogP contribution is 2.24. The van der Waals surface area contributed by atoms with Crippen LogP contribution in [0.4, 0.5) is 0 Å².